The van der Waals surface area contributed by atoms with Crippen LogP contribution in [-0.2, 0) is 0 Å². The molecule has 1 aliphatic rings. The first kappa shape index (κ1) is 9.23. The summed E-state index contributed by atoms with van der Waals surface area (Å²) in [6.45, 7) is 0. The molecular weight excluding hydrogens is 150 g/mol. The van der Waals surface area contributed by atoms with Crippen LogP contribution in [-0.4, -0.2) is 12.2 Å². The zero-order valence-electron chi connectivity index (χ0n) is 7.42. The van der Waals surface area contributed by atoms with Gasteiger partial charge in [0, 0.05) is 5.92 Å². The second kappa shape index (κ2) is 4.91. The standard InChI is InChI=1S/C9H17N3/c10-7-12-9(11)8-5-3-1-2-4-6-8/h7-8H,1-6H2,(H3,10,11,12). The predicted molar refractivity (Wildman–Crippen MR) is 51.6 cm³/mol. The number of hydrogen-bond acceptors (Lipinski definition) is 1. The Labute approximate surface area is 73.6 Å². The highest BCUT2D eigenvalue weighted by Crippen LogP contribution is 2.22. The molecule has 1 fully saturated rings. The first-order valence-electron chi connectivity index (χ1n) is 4.66. The van der Waals surface area contributed by atoms with E-state index >= 15 is 0 Å². The SMILES string of the molecule is N=CN=C(N)C1CCCCCC1. The summed E-state index contributed by atoms with van der Waals surface area (Å²) >= 11 is 0. The van der Waals surface area contributed by atoms with Crippen molar-refractivity contribution in [3.63, 3.8) is 0 Å². The summed E-state index contributed by atoms with van der Waals surface area (Å²) in [5.74, 6) is 1.10. The zero-order chi connectivity index (χ0) is 8.81. The molecule has 0 aromatic carbocycles. The topological polar surface area (TPSA) is 62.2 Å². The zero-order valence-corrected chi connectivity index (χ0v) is 7.42. The van der Waals surface area contributed by atoms with Crippen LogP contribution in [0.25, 0.3) is 0 Å². The lowest BCUT2D eigenvalue weighted by molar-refractivity contribution is 0.588. The fourth-order valence-electron chi connectivity index (χ4n) is 1.76. The van der Waals surface area contributed by atoms with Gasteiger partial charge in [-0.05, 0) is 12.8 Å². The molecule has 0 unspecified atom stereocenters. The Morgan fingerprint density at radius 2 is 1.83 bits per heavy atom. The van der Waals surface area contributed by atoms with Crippen molar-refractivity contribution in [2.75, 3.05) is 0 Å². The van der Waals surface area contributed by atoms with Gasteiger partial charge in [-0.3, -0.25) is 5.41 Å². The molecule has 1 rings (SSSR count). The minimum Gasteiger partial charge on any atom is -0.387 e. The predicted octanol–water partition coefficient (Wildman–Crippen LogP) is 1.92. The van der Waals surface area contributed by atoms with Gasteiger partial charge in [-0.1, -0.05) is 25.7 Å². The summed E-state index contributed by atoms with van der Waals surface area (Å²) < 4.78 is 0. The van der Waals surface area contributed by atoms with Gasteiger partial charge in [0.25, 0.3) is 0 Å². The van der Waals surface area contributed by atoms with E-state index in [2.05, 4.69) is 4.99 Å². The van der Waals surface area contributed by atoms with E-state index in [4.69, 9.17) is 11.1 Å². The normalized spacial score (nSPS) is 21.8. The van der Waals surface area contributed by atoms with Crippen LogP contribution in [0.15, 0.2) is 4.99 Å². The lowest BCUT2D eigenvalue weighted by Gasteiger charge is -2.11. The highest BCUT2D eigenvalue weighted by molar-refractivity contribution is 5.88. The fourth-order valence-corrected chi connectivity index (χ4v) is 1.76. The van der Waals surface area contributed by atoms with E-state index in [1.165, 1.54) is 25.7 Å². The van der Waals surface area contributed by atoms with Gasteiger partial charge in [-0.2, -0.15) is 0 Å². The van der Waals surface area contributed by atoms with Crippen molar-refractivity contribution in [3.05, 3.63) is 0 Å². The molecule has 0 radical (unpaired) electrons. The maximum atomic E-state index is 6.81. The third-order valence-corrected chi connectivity index (χ3v) is 2.49. The number of aliphatic imine (C=N–C) groups is 1. The van der Waals surface area contributed by atoms with Gasteiger partial charge in [0.15, 0.2) is 0 Å². The number of hydrogen-bond donors (Lipinski definition) is 2. The van der Waals surface area contributed by atoms with E-state index in [-0.39, 0.29) is 0 Å². The second-order valence-electron chi connectivity index (χ2n) is 3.37. The largest absolute Gasteiger partial charge is 0.387 e. The van der Waals surface area contributed by atoms with E-state index in [0.29, 0.717) is 11.8 Å². The first-order chi connectivity index (χ1) is 5.84. The minimum absolute atomic E-state index is 0.439. The minimum atomic E-state index is 0.439. The molecule has 0 bridgehead atoms. The Bertz CT molecular complexity index is 167. The average molecular weight is 167 g/mol. The van der Waals surface area contributed by atoms with Crippen LogP contribution >= 0.6 is 0 Å². The lowest BCUT2D eigenvalue weighted by atomic mass is 9.99. The number of nitrogens with two attached hydrogens (primary N) is 1. The van der Waals surface area contributed by atoms with Gasteiger partial charge in [-0.25, -0.2) is 4.99 Å². The molecule has 68 valence electrons. The molecule has 3 nitrogen and oxygen atoms in total. The van der Waals surface area contributed by atoms with Crippen LogP contribution < -0.4 is 5.73 Å². The summed E-state index contributed by atoms with van der Waals surface area (Å²) in [5.41, 5.74) is 5.73. The van der Waals surface area contributed by atoms with Gasteiger partial charge >= 0.3 is 0 Å². The van der Waals surface area contributed by atoms with Crippen LogP contribution in [0.1, 0.15) is 38.5 Å². The molecule has 3 heteroatoms. The Morgan fingerprint density at radius 3 is 2.33 bits per heavy atom. The Kier molecular flexibility index (Phi) is 3.77. The third kappa shape index (κ3) is 2.64. The molecule has 0 amide bonds. The summed E-state index contributed by atoms with van der Waals surface area (Å²) in [6.07, 6.45) is 8.53. The van der Waals surface area contributed by atoms with Crippen molar-refractivity contribution in [1.29, 1.82) is 5.41 Å². The van der Waals surface area contributed by atoms with Gasteiger partial charge < -0.3 is 5.73 Å². The summed E-state index contributed by atoms with van der Waals surface area (Å²) in [5, 5.41) is 6.81. The number of nitrogens with one attached hydrogen (secondary N) is 1. The number of nitrogens with zero attached hydrogens (tertiary/aromatic N) is 1. The van der Waals surface area contributed by atoms with E-state index in [1.807, 2.05) is 0 Å². The molecule has 12 heavy (non-hydrogen) atoms. The molecule has 0 spiro atoms. The average Bonchev–Trinajstić information content (AvgIpc) is 2.32. The molecule has 0 heterocycles. The Morgan fingerprint density at radius 1 is 1.25 bits per heavy atom. The monoisotopic (exact) mass is 167 g/mol. The van der Waals surface area contributed by atoms with Gasteiger partial charge in [-0.15, -0.1) is 0 Å². The molecular formula is C9H17N3. The first-order valence-corrected chi connectivity index (χ1v) is 4.66. The molecule has 0 aliphatic heterocycles. The highest BCUT2D eigenvalue weighted by Gasteiger charge is 2.14. The maximum Gasteiger partial charge on any atom is 0.109 e. The summed E-state index contributed by atoms with van der Waals surface area (Å²) in [6, 6.07) is 0. The summed E-state index contributed by atoms with van der Waals surface area (Å²) in [7, 11) is 0. The van der Waals surface area contributed by atoms with Crippen molar-refractivity contribution in [2.45, 2.75) is 38.5 Å². The summed E-state index contributed by atoms with van der Waals surface area (Å²) in [4.78, 5) is 3.83. The van der Waals surface area contributed by atoms with Crippen molar-refractivity contribution in [1.82, 2.24) is 0 Å². The van der Waals surface area contributed by atoms with Crippen LogP contribution in [0.4, 0.5) is 0 Å². The van der Waals surface area contributed by atoms with Gasteiger partial charge in [0.05, 0.1) is 0 Å². The Balaban J connectivity index is 2.47. The molecule has 0 aromatic heterocycles. The van der Waals surface area contributed by atoms with E-state index in [9.17, 15) is 0 Å². The fraction of sp³-hybridized carbons (Fsp3) is 0.778. The quantitative estimate of drug-likeness (QED) is 0.368. The van der Waals surface area contributed by atoms with Gasteiger partial charge in [0.2, 0.25) is 0 Å². The lowest BCUT2D eigenvalue weighted by Crippen LogP contribution is -2.23. The molecule has 3 N–H and O–H groups in total. The molecule has 0 saturated heterocycles. The molecule has 0 atom stereocenters. The van der Waals surface area contributed by atoms with E-state index in [0.717, 1.165) is 19.2 Å². The van der Waals surface area contributed by atoms with Crippen molar-refractivity contribution >= 4 is 12.2 Å². The second-order valence-corrected chi connectivity index (χ2v) is 3.37. The van der Waals surface area contributed by atoms with E-state index in [1.54, 1.807) is 0 Å². The molecule has 1 saturated carbocycles. The third-order valence-electron chi connectivity index (χ3n) is 2.49. The number of amidine groups is 1. The van der Waals surface area contributed by atoms with Crippen molar-refractivity contribution < 1.29 is 0 Å². The van der Waals surface area contributed by atoms with Crippen LogP contribution in [0.2, 0.25) is 0 Å². The van der Waals surface area contributed by atoms with Crippen molar-refractivity contribution in [3.8, 4) is 0 Å². The smallest absolute Gasteiger partial charge is 0.109 e. The number of rotatable bonds is 2. The van der Waals surface area contributed by atoms with Crippen LogP contribution in [0, 0.1) is 11.3 Å². The Hall–Kier alpha value is -0.860. The van der Waals surface area contributed by atoms with Crippen LogP contribution in [0.3, 0.4) is 0 Å². The maximum absolute atomic E-state index is 6.81. The molecule has 0 aromatic rings. The molecule has 1 aliphatic carbocycles. The highest BCUT2D eigenvalue weighted by atomic mass is 14.9. The van der Waals surface area contributed by atoms with Gasteiger partial charge in [0.1, 0.15) is 12.2 Å². The van der Waals surface area contributed by atoms with Crippen molar-refractivity contribution in [2.24, 2.45) is 16.6 Å². The van der Waals surface area contributed by atoms with Crippen LogP contribution in [0.5, 0.6) is 0 Å². The van der Waals surface area contributed by atoms with E-state index < -0.39 is 0 Å².